The average Bonchev–Trinajstić information content (AvgIpc) is 2.73. The first-order valence-electron chi connectivity index (χ1n) is 10.7. The minimum Gasteiger partial charge on any atom is -0.398 e. The number of rotatable bonds is 6. The van der Waals surface area contributed by atoms with Gasteiger partial charge in [-0.15, -0.1) is 0 Å². The fourth-order valence-corrected chi connectivity index (χ4v) is 5.06. The molecule has 6 heteroatoms. The maximum atomic E-state index is 6.61. The van der Waals surface area contributed by atoms with E-state index in [1.165, 1.54) is 40.9 Å². The van der Waals surface area contributed by atoms with E-state index in [0.717, 1.165) is 57.5 Å². The quantitative estimate of drug-likeness (QED) is 0.699. The third-order valence-corrected chi connectivity index (χ3v) is 7.15. The van der Waals surface area contributed by atoms with E-state index in [0.29, 0.717) is 16.0 Å². The summed E-state index contributed by atoms with van der Waals surface area (Å²) in [6, 6.07) is 6.00. The highest BCUT2D eigenvalue weighted by Gasteiger charge is 2.25. The van der Waals surface area contributed by atoms with Crippen LogP contribution >= 0.6 is 23.2 Å². The number of hydrogen-bond donors (Lipinski definition) is 2. The summed E-state index contributed by atoms with van der Waals surface area (Å²) in [7, 11) is 2.00. The molecule has 156 valence electrons. The van der Waals surface area contributed by atoms with Gasteiger partial charge in [0.1, 0.15) is 0 Å². The number of halogens is 2. The van der Waals surface area contributed by atoms with Crippen molar-refractivity contribution in [1.29, 1.82) is 0 Å². The third kappa shape index (κ3) is 4.56. The molecule has 2 heterocycles. The number of fused-ring (bicyclic) bond motifs is 2. The standard InChI is InChI=1S/C23H30Cl2N4/c1-27-13-16(15-6-7-19(24)20(25)12-15)8-10-29-11-9-22-18(14-29)23(26)17-4-2-3-5-21(17)28-22/h6-7,12,16,27H,2-5,8-11,13-14H2,1H3,(H2,26,28). The van der Waals surface area contributed by atoms with Crippen molar-refractivity contribution in [3.05, 3.63) is 56.3 Å². The first-order chi connectivity index (χ1) is 14.1. The van der Waals surface area contributed by atoms with Crippen LogP contribution in [0.5, 0.6) is 0 Å². The molecule has 1 unspecified atom stereocenters. The zero-order valence-electron chi connectivity index (χ0n) is 17.1. The molecule has 0 spiro atoms. The van der Waals surface area contributed by atoms with E-state index in [2.05, 4.69) is 16.3 Å². The van der Waals surface area contributed by atoms with Crippen molar-refractivity contribution >= 4 is 28.9 Å². The Labute approximate surface area is 183 Å². The normalized spacial score (nSPS) is 17.6. The molecular formula is C23H30Cl2N4. The van der Waals surface area contributed by atoms with Gasteiger partial charge in [-0.3, -0.25) is 9.88 Å². The fourth-order valence-electron chi connectivity index (χ4n) is 4.75. The highest BCUT2D eigenvalue weighted by Crippen LogP contribution is 2.33. The average molecular weight is 433 g/mol. The lowest BCUT2D eigenvalue weighted by Gasteiger charge is -2.32. The summed E-state index contributed by atoms with van der Waals surface area (Å²) in [6.45, 7) is 3.91. The molecule has 0 amide bonds. The number of likely N-dealkylation sites (N-methyl/N-ethyl adjacent to an activating group) is 1. The van der Waals surface area contributed by atoms with Gasteiger partial charge in [0, 0.05) is 48.7 Å². The van der Waals surface area contributed by atoms with Gasteiger partial charge in [0.2, 0.25) is 0 Å². The zero-order chi connectivity index (χ0) is 20.4. The first-order valence-corrected chi connectivity index (χ1v) is 11.4. The number of anilines is 1. The Morgan fingerprint density at radius 3 is 2.69 bits per heavy atom. The number of aryl methyl sites for hydroxylation is 1. The van der Waals surface area contributed by atoms with Gasteiger partial charge >= 0.3 is 0 Å². The lowest BCUT2D eigenvalue weighted by molar-refractivity contribution is 0.241. The second kappa shape index (κ2) is 9.22. The minimum atomic E-state index is 0.398. The molecule has 0 fully saturated rings. The lowest BCUT2D eigenvalue weighted by atomic mass is 9.90. The molecule has 1 atom stereocenters. The van der Waals surface area contributed by atoms with Crippen molar-refractivity contribution in [2.24, 2.45) is 0 Å². The summed E-state index contributed by atoms with van der Waals surface area (Å²) in [6.07, 6.45) is 6.71. The smallest absolute Gasteiger partial charge is 0.0595 e. The number of aromatic nitrogens is 1. The molecule has 2 aliphatic rings. The first kappa shape index (κ1) is 20.9. The van der Waals surface area contributed by atoms with Crippen LogP contribution in [-0.4, -0.2) is 36.6 Å². The molecule has 29 heavy (non-hydrogen) atoms. The van der Waals surface area contributed by atoms with Gasteiger partial charge in [0.15, 0.2) is 0 Å². The van der Waals surface area contributed by atoms with E-state index in [1.807, 2.05) is 19.2 Å². The molecule has 1 aliphatic heterocycles. The summed E-state index contributed by atoms with van der Waals surface area (Å²) < 4.78 is 0. The topological polar surface area (TPSA) is 54.2 Å². The number of nitrogens with zero attached hydrogens (tertiary/aromatic N) is 2. The Morgan fingerprint density at radius 1 is 1.10 bits per heavy atom. The van der Waals surface area contributed by atoms with E-state index >= 15 is 0 Å². The lowest BCUT2D eigenvalue weighted by Crippen LogP contribution is -2.34. The molecule has 3 N–H and O–H groups in total. The van der Waals surface area contributed by atoms with E-state index in [-0.39, 0.29) is 0 Å². The molecule has 4 rings (SSSR count). The van der Waals surface area contributed by atoms with Gasteiger partial charge in [0.05, 0.1) is 10.0 Å². The van der Waals surface area contributed by atoms with Crippen molar-refractivity contribution in [3.63, 3.8) is 0 Å². The van der Waals surface area contributed by atoms with Gasteiger partial charge < -0.3 is 11.1 Å². The van der Waals surface area contributed by atoms with E-state index in [4.69, 9.17) is 33.9 Å². The van der Waals surface area contributed by atoms with Crippen molar-refractivity contribution in [2.45, 2.75) is 51.0 Å². The van der Waals surface area contributed by atoms with Gasteiger partial charge in [-0.1, -0.05) is 29.3 Å². The van der Waals surface area contributed by atoms with Crippen LogP contribution in [-0.2, 0) is 25.8 Å². The molecule has 0 saturated carbocycles. The highest BCUT2D eigenvalue weighted by molar-refractivity contribution is 6.42. The summed E-state index contributed by atoms with van der Waals surface area (Å²) in [5.41, 5.74) is 14.0. The summed E-state index contributed by atoms with van der Waals surface area (Å²) in [5, 5.41) is 4.56. The molecule has 1 aromatic carbocycles. The van der Waals surface area contributed by atoms with Crippen molar-refractivity contribution in [2.75, 3.05) is 32.4 Å². The zero-order valence-corrected chi connectivity index (χ0v) is 18.6. The molecule has 0 saturated heterocycles. The van der Waals surface area contributed by atoms with Crippen molar-refractivity contribution < 1.29 is 0 Å². The van der Waals surface area contributed by atoms with Gasteiger partial charge in [-0.25, -0.2) is 0 Å². The maximum absolute atomic E-state index is 6.61. The Kier molecular flexibility index (Phi) is 6.65. The number of pyridine rings is 1. The predicted molar refractivity (Wildman–Crippen MR) is 122 cm³/mol. The van der Waals surface area contributed by atoms with Crippen LogP contribution in [0.3, 0.4) is 0 Å². The molecule has 2 aromatic rings. The largest absolute Gasteiger partial charge is 0.398 e. The van der Waals surface area contributed by atoms with Gasteiger partial charge in [0.25, 0.3) is 0 Å². The van der Waals surface area contributed by atoms with E-state index < -0.39 is 0 Å². The second-order valence-electron chi connectivity index (χ2n) is 8.33. The number of nitrogens with two attached hydrogens (primary N) is 1. The molecule has 0 radical (unpaired) electrons. The third-order valence-electron chi connectivity index (χ3n) is 6.41. The predicted octanol–water partition coefficient (Wildman–Crippen LogP) is 4.60. The summed E-state index contributed by atoms with van der Waals surface area (Å²) >= 11 is 12.4. The Hall–Kier alpha value is -1.33. The SMILES string of the molecule is CNCC(CCN1CCc2nc3c(c(N)c2C1)CCCC3)c1ccc(Cl)c(Cl)c1. The number of benzene rings is 1. The number of hydrogen-bond acceptors (Lipinski definition) is 4. The van der Waals surface area contributed by atoms with Crippen molar-refractivity contribution in [1.82, 2.24) is 15.2 Å². The summed E-state index contributed by atoms with van der Waals surface area (Å²) in [4.78, 5) is 7.52. The highest BCUT2D eigenvalue weighted by atomic mass is 35.5. The number of nitrogens with one attached hydrogen (secondary N) is 1. The molecule has 1 aliphatic carbocycles. The Balaban J connectivity index is 1.46. The summed E-state index contributed by atoms with van der Waals surface area (Å²) in [5.74, 6) is 0.398. The Morgan fingerprint density at radius 2 is 1.90 bits per heavy atom. The Bertz CT molecular complexity index is 884. The van der Waals surface area contributed by atoms with Crippen LogP contribution in [0.4, 0.5) is 5.69 Å². The molecule has 1 aromatic heterocycles. The van der Waals surface area contributed by atoms with Crippen LogP contribution < -0.4 is 11.1 Å². The maximum Gasteiger partial charge on any atom is 0.0595 e. The molecular weight excluding hydrogens is 403 g/mol. The van der Waals surface area contributed by atoms with Crippen molar-refractivity contribution in [3.8, 4) is 0 Å². The second-order valence-corrected chi connectivity index (χ2v) is 9.14. The van der Waals surface area contributed by atoms with Crippen LogP contribution in [0.15, 0.2) is 18.2 Å². The monoisotopic (exact) mass is 432 g/mol. The van der Waals surface area contributed by atoms with E-state index in [1.54, 1.807) is 0 Å². The van der Waals surface area contributed by atoms with Gasteiger partial charge in [-0.2, -0.15) is 0 Å². The number of nitrogen functional groups attached to an aromatic ring is 1. The van der Waals surface area contributed by atoms with Gasteiger partial charge in [-0.05, 0) is 74.9 Å². The van der Waals surface area contributed by atoms with Crippen LogP contribution in [0.1, 0.15) is 53.3 Å². The minimum absolute atomic E-state index is 0.398. The fraction of sp³-hybridized carbons (Fsp3) is 0.522. The van der Waals surface area contributed by atoms with E-state index in [9.17, 15) is 0 Å². The van der Waals surface area contributed by atoms with Crippen LogP contribution in [0.2, 0.25) is 10.0 Å². The molecule has 0 bridgehead atoms. The van der Waals surface area contributed by atoms with Crippen LogP contribution in [0.25, 0.3) is 0 Å². The molecule has 4 nitrogen and oxygen atoms in total. The van der Waals surface area contributed by atoms with Crippen LogP contribution in [0, 0.1) is 0 Å².